The lowest BCUT2D eigenvalue weighted by Gasteiger charge is -2.25. The maximum atomic E-state index is 2.32. The number of anilines is 4. The monoisotopic (exact) mass is 428 g/mol. The Morgan fingerprint density at radius 3 is 1.61 bits per heavy atom. The Hall–Kier alpha value is -4.04. The topological polar surface area (TPSA) is 6.48 Å². The lowest BCUT2D eigenvalue weighted by Crippen LogP contribution is -2.13. The Morgan fingerprint density at radius 1 is 0.485 bits per heavy atom. The van der Waals surface area contributed by atoms with E-state index in [1.165, 1.54) is 44.6 Å². The van der Waals surface area contributed by atoms with Crippen LogP contribution in [-0.4, -0.2) is 14.1 Å². The van der Waals surface area contributed by atoms with Gasteiger partial charge in [-0.3, -0.25) is 0 Å². The van der Waals surface area contributed by atoms with Crippen LogP contribution in [0.5, 0.6) is 0 Å². The molecule has 0 aliphatic heterocycles. The SMILES string of the molecule is CN(c1ccccc1)c1cc(Cc2cccc3ccccc23)cc(N(C)c2ccccc2)c1. The molecule has 0 N–H and O–H groups in total. The van der Waals surface area contributed by atoms with Crippen molar-refractivity contribution in [2.75, 3.05) is 23.9 Å². The molecule has 0 aromatic heterocycles. The van der Waals surface area contributed by atoms with Crippen LogP contribution in [0, 0.1) is 0 Å². The zero-order chi connectivity index (χ0) is 22.6. The fourth-order valence-corrected chi connectivity index (χ4v) is 4.41. The highest BCUT2D eigenvalue weighted by atomic mass is 15.1. The summed E-state index contributed by atoms with van der Waals surface area (Å²) >= 11 is 0. The normalized spacial score (nSPS) is 10.8. The van der Waals surface area contributed by atoms with Gasteiger partial charge in [0.25, 0.3) is 0 Å². The Morgan fingerprint density at radius 2 is 1.00 bits per heavy atom. The molecule has 0 aliphatic rings. The standard InChI is InChI=1S/C31H28N2/c1-32(27-15-5-3-6-16-27)29-21-24(20-26-14-11-13-25-12-9-10-19-31(25)26)22-30(23-29)33(2)28-17-7-4-8-18-28/h3-19,21-23H,20H2,1-2H3. The molecule has 0 saturated heterocycles. The number of hydrogen-bond acceptors (Lipinski definition) is 2. The first-order valence-corrected chi connectivity index (χ1v) is 11.4. The van der Waals surface area contributed by atoms with Crippen molar-refractivity contribution in [1.82, 2.24) is 0 Å². The van der Waals surface area contributed by atoms with Gasteiger partial charge in [0.2, 0.25) is 0 Å². The van der Waals surface area contributed by atoms with E-state index in [1.807, 2.05) is 0 Å². The third-order valence-corrected chi connectivity index (χ3v) is 6.30. The summed E-state index contributed by atoms with van der Waals surface area (Å²) < 4.78 is 0. The minimum Gasteiger partial charge on any atom is -0.345 e. The fourth-order valence-electron chi connectivity index (χ4n) is 4.41. The molecule has 5 aromatic carbocycles. The van der Waals surface area contributed by atoms with Crippen molar-refractivity contribution in [3.63, 3.8) is 0 Å². The van der Waals surface area contributed by atoms with Crippen molar-refractivity contribution in [3.05, 3.63) is 132 Å². The van der Waals surface area contributed by atoms with E-state index in [4.69, 9.17) is 0 Å². The van der Waals surface area contributed by atoms with Gasteiger partial charge in [-0.15, -0.1) is 0 Å². The number of hydrogen-bond donors (Lipinski definition) is 0. The molecule has 0 radical (unpaired) electrons. The Bertz CT molecular complexity index is 1290. The molecule has 0 aliphatic carbocycles. The molecule has 0 amide bonds. The number of benzene rings is 5. The van der Waals surface area contributed by atoms with Crippen molar-refractivity contribution in [2.45, 2.75) is 6.42 Å². The lowest BCUT2D eigenvalue weighted by atomic mass is 9.97. The summed E-state index contributed by atoms with van der Waals surface area (Å²) in [5.74, 6) is 0. The quantitative estimate of drug-likeness (QED) is 0.271. The van der Waals surface area contributed by atoms with E-state index < -0.39 is 0 Å². The Labute approximate surface area is 196 Å². The van der Waals surface area contributed by atoms with Crippen molar-refractivity contribution >= 4 is 33.5 Å². The summed E-state index contributed by atoms with van der Waals surface area (Å²) in [4.78, 5) is 4.52. The fraction of sp³-hybridized carbons (Fsp3) is 0.0968. The zero-order valence-corrected chi connectivity index (χ0v) is 19.1. The average molecular weight is 429 g/mol. The van der Waals surface area contributed by atoms with E-state index in [1.54, 1.807) is 0 Å². The van der Waals surface area contributed by atoms with Gasteiger partial charge >= 0.3 is 0 Å². The first-order valence-electron chi connectivity index (χ1n) is 11.4. The molecule has 0 saturated carbocycles. The summed E-state index contributed by atoms with van der Waals surface area (Å²) in [5.41, 5.74) is 7.35. The van der Waals surface area contributed by atoms with Crippen LogP contribution in [0.1, 0.15) is 11.1 Å². The van der Waals surface area contributed by atoms with E-state index in [2.05, 4.69) is 145 Å². The number of nitrogens with zero attached hydrogens (tertiary/aromatic N) is 2. The molecule has 33 heavy (non-hydrogen) atoms. The molecule has 0 heterocycles. The summed E-state index contributed by atoms with van der Waals surface area (Å²) in [7, 11) is 4.28. The molecule has 0 fully saturated rings. The first kappa shape index (κ1) is 20.8. The maximum absolute atomic E-state index is 2.32. The van der Waals surface area contributed by atoms with Crippen LogP contribution in [0.3, 0.4) is 0 Å². The number of rotatable bonds is 6. The smallest absolute Gasteiger partial charge is 0.0431 e. The molecule has 2 nitrogen and oxygen atoms in total. The summed E-state index contributed by atoms with van der Waals surface area (Å²) in [6.45, 7) is 0. The van der Waals surface area contributed by atoms with Crippen LogP contribution < -0.4 is 9.80 Å². The second-order valence-electron chi connectivity index (χ2n) is 8.46. The summed E-state index contributed by atoms with van der Waals surface area (Å²) in [6.07, 6.45) is 0.882. The maximum Gasteiger partial charge on any atom is 0.0431 e. The van der Waals surface area contributed by atoms with Gasteiger partial charge < -0.3 is 9.80 Å². The van der Waals surface area contributed by atoms with E-state index >= 15 is 0 Å². The van der Waals surface area contributed by atoms with Crippen molar-refractivity contribution in [3.8, 4) is 0 Å². The van der Waals surface area contributed by atoms with E-state index in [0.29, 0.717) is 0 Å². The highest BCUT2D eigenvalue weighted by Crippen LogP contribution is 2.33. The third kappa shape index (κ3) is 4.47. The van der Waals surface area contributed by atoms with Gasteiger partial charge in [0.1, 0.15) is 0 Å². The second kappa shape index (κ2) is 9.22. The van der Waals surface area contributed by atoms with Gasteiger partial charge in [-0.25, -0.2) is 0 Å². The summed E-state index contributed by atoms with van der Waals surface area (Å²) in [5, 5.41) is 2.61. The van der Waals surface area contributed by atoms with Gasteiger partial charge in [-0.2, -0.15) is 0 Å². The second-order valence-corrected chi connectivity index (χ2v) is 8.46. The molecule has 5 aromatic rings. The zero-order valence-electron chi connectivity index (χ0n) is 19.1. The third-order valence-electron chi connectivity index (χ3n) is 6.30. The first-order chi connectivity index (χ1) is 16.2. The highest BCUT2D eigenvalue weighted by Gasteiger charge is 2.12. The van der Waals surface area contributed by atoms with E-state index in [0.717, 1.165) is 6.42 Å². The van der Waals surface area contributed by atoms with Crippen LogP contribution in [-0.2, 0) is 6.42 Å². The molecule has 2 heteroatoms. The number of fused-ring (bicyclic) bond motifs is 1. The molecule has 0 spiro atoms. The van der Waals surface area contributed by atoms with Gasteiger partial charge in [-0.05, 0) is 70.8 Å². The van der Waals surface area contributed by atoms with Crippen molar-refractivity contribution in [1.29, 1.82) is 0 Å². The number of para-hydroxylation sites is 2. The minimum absolute atomic E-state index is 0.882. The van der Waals surface area contributed by atoms with Crippen LogP contribution in [0.4, 0.5) is 22.7 Å². The van der Waals surface area contributed by atoms with E-state index in [9.17, 15) is 0 Å². The van der Waals surface area contributed by atoms with Gasteiger partial charge in [0, 0.05) is 36.8 Å². The predicted octanol–water partition coefficient (Wildman–Crippen LogP) is 7.97. The predicted molar refractivity (Wildman–Crippen MR) is 142 cm³/mol. The molecule has 5 rings (SSSR count). The molecular weight excluding hydrogens is 400 g/mol. The molecule has 0 bridgehead atoms. The highest BCUT2D eigenvalue weighted by molar-refractivity contribution is 5.86. The Kier molecular flexibility index (Phi) is 5.82. The van der Waals surface area contributed by atoms with Gasteiger partial charge in [0.05, 0.1) is 0 Å². The Balaban J connectivity index is 1.59. The minimum atomic E-state index is 0.882. The van der Waals surface area contributed by atoms with Crippen molar-refractivity contribution < 1.29 is 0 Å². The van der Waals surface area contributed by atoms with Crippen LogP contribution >= 0.6 is 0 Å². The van der Waals surface area contributed by atoms with Crippen LogP contribution in [0.25, 0.3) is 10.8 Å². The van der Waals surface area contributed by atoms with Gasteiger partial charge in [0.15, 0.2) is 0 Å². The van der Waals surface area contributed by atoms with Gasteiger partial charge in [-0.1, -0.05) is 78.9 Å². The molecule has 0 unspecified atom stereocenters. The van der Waals surface area contributed by atoms with E-state index in [-0.39, 0.29) is 0 Å². The molecule has 162 valence electrons. The van der Waals surface area contributed by atoms with Crippen LogP contribution in [0.2, 0.25) is 0 Å². The van der Waals surface area contributed by atoms with Crippen molar-refractivity contribution in [2.24, 2.45) is 0 Å². The molecular formula is C31H28N2. The summed E-state index contributed by atoms with van der Waals surface area (Å²) in [6, 6.07) is 43.2. The lowest BCUT2D eigenvalue weighted by molar-refractivity contribution is 1.14. The van der Waals surface area contributed by atoms with Crippen LogP contribution in [0.15, 0.2) is 121 Å². The largest absolute Gasteiger partial charge is 0.345 e. The molecule has 0 atom stereocenters. The average Bonchev–Trinajstić information content (AvgIpc) is 2.89.